The van der Waals surface area contributed by atoms with Gasteiger partial charge in [0.25, 0.3) is 0 Å². The highest BCUT2D eigenvalue weighted by Crippen LogP contribution is 2.19. The molecular weight excluding hydrogens is 222 g/mol. The van der Waals surface area contributed by atoms with Gasteiger partial charge in [0.2, 0.25) is 10.0 Å². The van der Waals surface area contributed by atoms with E-state index in [1.54, 1.807) is 12.1 Å². The van der Waals surface area contributed by atoms with Gasteiger partial charge in [-0.3, -0.25) is 4.79 Å². The van der Waals surface area contributed by atoms with Crippen molar-refractivity contribution in [3.8, 4) is 0 Å². The average Bonchev–Trinajstić information content (AvgIpc) is 2.02. The number of carbonyl (C=O) groups excluding carboxylic acids is 1. The minimum Gasteiger partial charge on any atom is -0.287 e. The summed E-state index contributed by atoms with van der Waals surface area (Å²) in [5.74, 6) is 0. The van der Waals surface area contributed by atoms with Gasteiger partial charge in [-0.2, -0.15) is 0 Å². The maximum absolute atomic E-state index is 10.9. The van der Waals surface area contributed by atoms with Gasteiger partial charge in [-0.15, -0.1) is 0 Å². The Labute approximate surface area is 86.5 Å². The fraction of sp³-hybridized carbons (Fsp3) is 0.125. The molecule has 6 heteroatoms. The zero-order valence-corrected chi connectivity index (χ0v) is 9.06. The Kier molecular flexibility index (Phi) is 3.30. The van der Waals surface area contributed by atoms with E-state index in [1.807, 2.05) is 0 Å². The molecule has 0 saturated heterocycles. The fourth-order valence-electron chi connectivity index (χ4n) is 0.863. The summed E-state index contributed by atoms with van der Waals surface area (Å²) in [5.41, 5.74) is 0. The first-order chi connectivity index (χ1) is 6.39. The number of benzene rings is 1. The third kappa shape index (κ3) is 3.13. The van der Waals surface area contributed by atoms with Gasteiger partial charge in [-0.1, -0.05) is 11.8 Å². The van der Waals surface area contributed by atoms with Gasteiger partial charge in [0.15, 0.2) is 5.12 Å². The third-order valence-corrected chi connectivity index (χ3v) is 3.14. The van der Waals surface area contributed by atoms with Gasteiger partial charge in [0.05, 0.1) is 4.90 Å². The predicted octanol–water partition coefficient (Wildman–Crippen LogP) is 0.973. The third-order valence-electron chi connectivity index (χ3n) is 1.41. The maximum atomic E-state index is 10.9. The summed E-state index contributed by atoms with van der Waals surface area (Å²) in [7, 11) is -3.64. The van der Waals surface area contributed by atoms with Crippen LogP contribution in [-0.4, -0.2) is 13.5 Å². The molecule has 0 amide bonds. The molecule has 14 heavy (non-hydrogen) atoms. The van der Waals surface area contributed by atoms with Crippen LogP contribution in [0, 0.1) is 0 Å². The molecule has 0 aliphatic heterocycles. The molecule has 1 aromatic rings. The number of thioether (sulfide) groups is 1. The van der Waals surface area contributed by atoms with Gasteiger partial charge in [-0.05, 0) is 24.3 Å². The molecule has 0 aromatic heterocycles. The molecule has 0 radical (unpaired) electrons. The first-order valence-electron chi connectivity index (χ1n) is 3.71. The lowest BCUT2D eigenvalue weighted by Crippen LogP contribution is -2.11. The largest absolute Gasteiger partial charge is 0.287 e. The Bertz CT molecular complexity index is 436. The van der Waals surface area contributed by atoms with Crippen LogP contribution in [0.4, 0.5) is 0 Å². The van der Waals surface area contributed by atoms with Crippen molar-refractivity contribution in [2.75, 3.05) is 0 Å². The highest BCUT2D eigenvalue weighted by molar-refractivity contribution is 8.13. The molecule has 0 aliphatic rings. The molecule has 76 valence electrons. The van der Waals surface area contributed by atoms with E-state index in [1.165, 1.54) is 19.1 Å². The molecule has 0 bridgehead atoms. The van der Waals surface area contributed by atoms with Crippen molar-refractivity contribution < 1.29 is 13.2 Å². The van der Waals surface area contributed by atoms with E-state index in [2.05, 4.69) is 0 Å². The summed E-state index contributed by atoms with van der Waals surface area (Å²) in [6.45, 7) is 1.44. The fourth-order valence-corrected chi connectivity index (χ4v) is 1.98. The standard InChI is InChI=1S/C8H9NO3S2/c1-6(10)13-7-2-4-8(5-3-7)14(9,11)12/h2-5H,1H3,(H2,9,11,12). The number of primary sulfonamides is 1. The summed E-state index contributed by atoms with van der Waals surface area (Å²) in [6, 6.07) is 5.85. The minimum absolute atomic E-state index is 0.0467. The van der Waals surface area contributed by atoms with Crippen LogP contribution in [-0.2, 0) is 14.8 Å². The zero-order chi connectivity index (χ0) is 10.8. The van der Waals surface area contributed by atoms with Crippen LogP contribution >= 0.6 is 11.8 Å². The lowest BCUT2D eigenvalue weighted by Gasteiger charge is -1.99. The highest BCUT2D eigenvalue weighted by Gasteiger charge is 2.07. The quantitative estimate of drug-likeness (QED) is 0.769. The van der Waals surface area contributed by atoms with Gasteiger partial charge in [0, 0.05) is 11.8 Å². The highest BCUT2D eigenvalue weighted by atomic mass is 32.2. The van der Waals surface area contributed by atoms with Crippen molar-refractivity contribution in [2.24, 2.45) is 5.14 Å². The van der Waals surface area contributed by atoms with Gasteiger partial charge in [-0.25, -0.2) is 13.6 Å². The lowest BCUT2D eigenvalue weighted by molar-refractivity contribution is -0.109. The number of carbonyl (C=O) groups is 1. The number of hydrogen-bond acceptors (Lipinski definition) is 4. The summed E-state index contributed by atoms with van der Waals surface area (Å²) >= 11 is 1.04. The van der Waals surface area contributed by atoms with Crippen LogP contribution in [0.3, 0.4) is 0 Å². The van der Waals surface area contributed by atoms with Crippen LogP contribution in [0.2, 0.25) is 0 Å². The van der Waals surface area contributed by atoms with Crippen LogP contribution in [0.25, 0.3) is 0 Å². The summed E-state index contributed by atoms with van der Waals surface area (Å²) in [6.07, 6.45) is 0. The van der Waals surface area contributed by atoms with Crippen LogP contribution < -0.4 is 5.14 Å². The predicted molar refractivity (Wildman–Crippen MR) is 54.4 cm³/mol. The zero-order valence-electron chi connectivity index (χ0n) is 7.43. The number of rotatable bonds is 2. The van der Waals surface area contributed by atoms with Crippen molar-refractivity contribution in [2.45, 2.75) is 16.7 Å². The molecular formula is C8H9NO3S2. The molecule has 1 aromatic carbocycles. The maximum Gasteiger partial charge on any atom is 0.238 e. The van der Waals surface area contributed by atoms with Crippen molar-refractivity contribution in [1.29, 1.82) is 0 Å². The molecule has 0 saturated carbocycles. The van der Waals surface area contributed by atoms with E-state index in [9.17, 15) is 13.2 Å². The summed E-state index contributed by atoms with van der Waals surface area (Å²) in [5, 5.41) is 4.86. The average molecular weight is 231 g/mol. The number of nitrogens with two attached hydrogens (primary N) is 1. The Hall–Kier alpha value is -0.850. The monoisotopic (exact) mass is 231 g/mol. The normalized spacial score (nSPS) is 11.3. The number of sulfonamides is 1. The van der Waals surface area contributed by atoms with E-state index in [0.717, 1.165) is 11.8 Å². The Balaban J connectivity index is 2.95. The molecule has 4 nitrogen and oxygen atoms in total. The molecule has 0 unspecified atom stereocenters. The van der Waals surface area contributed by atoms with Crippen molar-refractivity contribution in [3.63, 3.8) is 0 Å². The Morgan fingerprint density at radius 1 is 1.29 bits per heavy atom. The molecule has 0 heterocycles. The van der Waals surface area contributed by atoms with Gasteiger partial charge in [0.1, 0.15) is 0 Å². The van der Waals surface area contributed by atoms with Crippen LogP contribution in [0.15, 0.2) is 34.1 Å². The Morgan fingerprint density at radius 3 is 2.14 bits per heavy atom. The van der Waals surface area contributed by atoms with Gasteiger partial charge >= 0.3 is 0 Å². The molecule has 1 rings (SSSR count). The second kappa shape index (κ2) is 4.12. The Morgan fingerprint density at radius 2 is 1.79 bits per heavy atom. The van der Waals surface area contributed by atoms with Crippen molar-refractivity contribution in [1.82, 2.24) is 0 Å². The second-order valence-electron chi connectivity index (χ2n) is 2.61. The van der Waals surface area contributed by atoms with Crippen LogP contribution in [0.5, 0.6) is 0 Å². The first kappa shape index (κ1) is 11.2. The van der Waals surface area contributed by atoms with Crippen molar-refractivity contribution >= 4 is 26.9 Å². The first-order valence-corrected chi connectivity index (χ1v) is 6.07. The summed E-state index contributed by atoms with van der Waals surface area (Å²) < 4.78 is 21.7. The van der Waals surface area contributed by atoms with E-state index in [0.29, 0.717) is 4.90 Å². The molecule has 0 atom stereocenters. The van der Waals surface area contributed by atoms with Crippen molar-refractivity contribution in [3.05, 3.63) is 24.3 Å². The molecule has 0 fully saturated rings. The van der Waals surface area contributed by atoms with E-state index < -0.39 is 10.0 Å². The summed E-state index contributed by atoms with van der Waals surface area (Å²) in [4.78, 5) is 11.5. The molecule has 0 spiro atoms. The van der Waals surface area contributed by atoms with E-state index in [-0.39, 0.29) is 10.0 Å². The van der Waals surface area contributed by atoms with Gasteiger partial charge < -0.3 is 0 Å². The van der Waals surface area contributed by atoms with Crippen LogP contribution in [0.1, 0.15) is 6.92 Å². The SMILES string of the molecule is CC(=O)Sc1ccc(S(N)(=O)=O)cc1. The second-order valence-corrected chi connectivity index (χ2v) is 5.42. The topological polar surface area (TPSA) is 77.2 Å². The smallest absolute Gasteiger partial charge is 0.238 e. The molecule has 2 N–H and O–H groups in total. The molecule has 0 aliphatic carbocycles. The number of hydrogen-bond donors (Lipinski definition) is 1. The van der Waals surface area contributed by atoms with E-state index in [4.69, 9.17) is 5.14 Å². The minimum atomic E-state index is -3.64. The lowest BCUT2D eigenvalue weighted by atomic mass is 10.4. The van der Waals surface area contributed by atoms with E-state index >= 15 is 0 Å².